The third-order valence-electron chi connectivity index (χ3n) is 7.07. The normalized spacial score (nSPS) is 27.5. The summed E-state index contributed by atoms with van der Waals surface area (Å²) in [5.41, 5.74) is 3.55. The number of piperidine rings is 1. The Morgan fingerprint density at radius 1 is 1.21 bits per heavy atom. The highest BCUT2D eigenvalue weighted by atomic mass is 35.5. The molecule has 5 heteroatoms. The molecule has 1 unspecified atom stereocenters. The first-order valence-corrected chi connectivity index (χ1v) is 11.0. The van der Waals surface area contributed by atoms with Gasteiger partial charge in [-0.1, -0.05) is 48.9 Å². The smallest absolute Gasteiger partial charge is 0.0639 e. The van der Waals surface area contributed by atoms with Crippen molar-refractivity contribution in [1.29, 1.82) is 0 Å². The van der Waals surface area contributed by atoms with Crippen LogP contribution in [0.1, 0.15) is 57.9 Å². The van der Waals surface area contributed by atoms with Crippen molar-refractivity contribution in [2.45, 2.75) is 70.6 Å². The Bertz CT molecular complexity index is 648. The van der Waals surface area contributed by atoms with Gasteiger partial charge in [-0.15, -0.1) is 24.8 Å². The first-order valence-electron chi connectivity index (χ1n) is 11.0. The van der Waals surface area contributed by atoms with E-state index in [2.05, 4.69) is 53.5 Å². The van der Waals surface area contributed by atoms with Crippen LogP contribution in [0.4, 0.5) is 0 Å². The topological polar surface area (TPSA) is 35.5 Å². The summed E-state index contributed by atoms with van der Waals surface area (Å²) < 4.78 is 0. The molecule has 1 aromatic rings. The second kappa shape index (κ2) is 10.6. The van der Waals surface area contributed by atoms with Crippen LogP contribution in [-0.4, -0.2) is 47.8 Å². The van der Waals surface area contributed by atoms with Gasteiger partial charge in [-0.3, -0.25) is 0 Å². The Morgan fingerprint density at radius 3 is 2.45 bits per heavy atom. The zero-order valence-corrected chi connectivity index (χ0v) is 19.5. The van der Waals surface area contributed by atoms with E-state index in [0.717, 1.165) is 24.9 Å². The molecular formula is C24H38Cl2N2O. The van der Waals surface area contributed by atoms with Gasteiger partial charge in [-0.05, 0) is 75.4 Å². The second-order valence-electron chi connectivity index (χ2n) is 9.35. The molecule has 2 aliphatic carbocycles. The molecule has 1 aromatic carbocycles. The molecule has 3 fully saturated rings. The number of aliphatic hydroxyl groups is 1. The van der Waals surface area contributed by atoms with Gasteiger partial charge in [-0.2, -0.15) is 0 Å². The monoisotopic (exact) mass is 440 g/mol. The van der Waals surface area contributed by atoms with Crippen molar-refractivity contribution in [1.82, 2.24) is 10.2 Å². The fourth-order valence-electron chi connectivity index (χ4n) is 5.42. The SMILES string of the molecule is CC/C(=C\c1ccccc1)[C@@H]1C[C@H]1NC1CC2(CCN(CC(C)O)CC2)C1.Cl.Cl. The van der Waals surface area contributed by atoms with Gasteiger partial charge in [0.2, 0.25) is 0 Å². The molecule has 0 bridgehead atoms. The van der Waals surface area contributed by atoms with Crippen LogP contribution in [0.2, 0.25) is 0 Å². The van der Waals surface area contributed by atoms with Crippen molar-refractivity contribution in [2.24, 2.45) is 11.3 Å². The lowest BCUT2D eigenvalue weighted by molar-refractivity contribution is -0.00555. The summed E-state index contributed by atoms with van der Waals surface area (Å²) in [6, 6.07) is 12.2. The quantitative estimate of drug-likeness (QED) is 0.630. The van der Waals surface area contributed by atoms with E-state index >= 15 is 0 Å². The van der Waals surface area contributed by atoms with E-state index in [4.69, 9.17) is 0 Å². The highest BCUT2D eigenvalue weighted by molar-refractivity contribution is 5.85. The van der Waals surface area contributed by atoms with E-state index in [-0.39, 0.29) is 30.9 Å². The number of likely N-dealkylation sites (tertiary alicyclic amines) is 1. The maximum absolute atomic E-state index is 9.58. The summed E-state index contributed by atoms with van der Waals surface area (Å²) in [5.74, 6) is 0.750. The van der Waals surface area contributed by atoms with Gasteiger partial charge in [0.15, 0.2) is 0 Å². The summed E-state index contributed by atoms with van der Waals surface area (Å²) in [7, 11) is 0. The Morgan fingerprint density at radius 2 is 1.86 bits per heavy atom. The third-order valence-corrected chi connectivity index (χ3v) is 7.07. The van der Waals surface area contributed by atoms with Gasteiger partial charge in [0, 0.05) is 18.6 Å². The summed E-state index contributed by atoms with van der Waals surface area (Å²) in [6.07, 6.45) is 10.1. The molecular weight excluding hydrogens is 403 g/mol. The molecule has 1 heterocycles. The number of halogens is 2. The van der Waals surface area contributed by atoms with Gasteiger partial charge >= 0.3 is 0 Å². The highest BCUT2D eigenvalue weighted by Gasteiger charge is 2.49. The summed E-state index contributed by atoms with van der Waals surface area (Å²) in [6.45, 7) is 7.38. The van der Waals surface area contributed by atoms with Gasteiger partial charge < -0.3 is 15.3 Å². The number of hydrogen-bond acceptors (Lipinski definition) is 3. The standard InChI is InChI=1S/C24H36N2O.2ClH/c1-3-20(13-19-7-5-4-6-8-19)22-14-23(22)25-21-15-24(16-21)9-11-26(12-10-24)17-18(2)27;;/h4-8,13,18,21-23,25,27H,3,9-12,14-17H2,1-2H3;2*1H/b20-13+;;/t18?,22-,23+;;/m0../s1. The maximum Gasteiger partial charge on any atom is 0.0639 e. The van der Waals surface area contributed by atoms with Crippen LogP contribution in [0.5, 0.6) is 0 Å². The van der Waals surface area contributed by atoms with Crippen LogP contribution in [-0.2, 0) is 0 Å². The van der Waals surface area contributed by atoms with Gasteiger partial charge in [0.1, 0.15) is 0 Å². The minimum Gasteiger partial charge on any atom is -0.392 e. The fraction of sp³-hybridized carbons (Fsp3) is 0.667. The molecule has 1 spiro atoms. The van der Waals surface area contributed by atoms with Crippen LogP contribution in [0.15, 0.2) is 35.9 Å². The molecule has 3 nitrogen and oxygen atoms in total. The zero-order valence-electron chi connectivity index (χ0n) is 17.8. The predicted molar refractivity (Wildman–Crippen MR) is 127 cm³/mol. The summed E-state index contributed by atoms with van der Waals surface area (Å²) in [5, 5.41) is 13.5. The van der Waals surface area contributed by atoms with Crippen molar-refractivity contribution in [3.63, 3.8) is 0 Å². The van der Waals surface area contributed by atoms with Crippen LogP contribution in [0.3, 0.4) is 0 Å². The minimum atomic E-state index is -0.196. The van der Waals surface area contributed by atoms with Crippen LogP contribution >= 0.6 is 24.8 Å². The van der Waals surface area contributed by atoms with E-state index in [1.54, 1.807) is 5.57 Å². The van der Waals surface area contributed by atoms with E-state index in [9.17, 15) is 5.11 Å². The first-order chi connectivity index (χ1) is 13.1. The summed E-state index contributed by atoms with van der Waals surface area (Å²) in [4.78, 5) is 2.44. The Hall–Kier alpha value is -0.580. The number of β-amino-alcohol motifs (C(OH)–C–C–N with tert-alkyl or cyclic N) is 1. The number of hydrogen-bond donors (Lipinski definition) is 2. The van der Waals surface area contributed by atoms with Crippen LogP contribution < -0.4 is 5.32 Å². The van der Waals surface area contributed by atoms with Gasteiger partial charge in [-0.25, -0.2) is 0 Å². The number of nitrogens with one attached hydrogen (secondary N) is 1. The molecule has 29 heavy (non-hydrogen) atoms. The molecule has 2 saturated carbocycles. The van der Waals surface area contributed by atoms with Crippen molar-refractivity contribution in [3.05, 3.63) is 41.5 Å². The average molecular weight is 441 g/mol. The van der Waals surface area contributed by atoms with Crippen LogP contribution in [0, 0.1) is 11.3 Å². The lowest BCUT2D eigenvalue weighted by atomic mass is 9.60. The third kappa shape index (κ3) is 6.21. The summed E-state index contributed by atoms with van der Waals surface area (Å²) >= 11 is 0. The van der Waals surface area contributed by atoms with Crippen LogP contribution in [0.25, 0.3) is 6.08 Å². The number of nitrogens with zero attached hydrogens (tertiary/aromatic N) is 1. The van der Waals surface area contributed by atoms with Crippen molar-refractivity contribution in [3.8, 4) is 0 Å². The van der Waals surface area contributed by atoms with Crippen molar-refractivity contribution >= 4 is 30.9 Å². The van der Waals surface area contributed by atoms with Gasteiger partial charge in [0.25, 0.3) is 0 Å². The van der Waals surface area contributed by atoms with Crippen molar-refractivity contribution in [2.75, 3.05) is 19.6 Å². The lowest BCUT2D eigenvalue weighted by Gasteiger charge is -2.53. The van der Waals surface area contributed by atoms with E-state index in [0.29, 0.717) is 11.5 Å². The zero-order chi connectivity index (χ0) is 18.9. The average Bonchev–Trinajstić information content (AvgIpc) is 3.39. The Balaban J connectivity index is 0.00000150. The molecule has 1 aliphatic heterocycles. The molecule has 4 rings (SSSR count). The van der Waals surface area contributed by atoms with E-state index < -0.39 is 0 Å². The number of rotatable bonds is 7. The molecule has 0 radical (unpaired) electrons. The minimum absolute atomic E-state index is 0. The largest absolute Gasteiger partial charge is 0.392 e. The van der Waals surface area contributed by atoms with E-state index in [1.165, 1.54) is 50.8 Å². The molecule has 3 aliphatic rings. The molecule has 3 atom stereocenters. The Labute approximate surface area is 189 Å². The first kappa shape index (κ1) is 24.7. The molecule has 2 N–H and O–H groups in total. The molecule has 164 valence electrons. The lowest BCUT2D eigenvalue weighted by Crippen LogP contribution is -2.54. The molecule has 0 amide bonds. The van der Waals surface area contributed by atoms with Gasteiger partial charge in [0.05, 0.1) is 6.10 Å². The maximum atomic E-state index is 9.58. The number of benzene rings is 1. The predicted octanol–water partition coefficient (Wildman–Crippen LogP) is 4.93. The fourth-order valence-corrected chi connectivity index (χ4v) is 5.42. The number of aliphatic hydroxyl groups excluding tert-OH is 1. The molecule has 0 aromatic heterocycles. The van der Waals surface area contributed by atoms with E-state index in [1.807, 2.05) is 6.92 Å². The highest BCUT2D eigenvalue weighted by Crippen LogP contribution is 2.51. The second-order valence-corrected chi connectivity index (χ2v) is 9.35. The van der Waals surface area contributed by atoms with Crippen molar-refractivity contribution < 1.29 is 5.11 Å². The molecule has 1 saturated heterocycles. The Kier molecular flexibility index (Phi) is 9.05.